The number of pyridine rings is 1. The molecule has 3 heterocycles. The topological polar surface area (TPSA) is 84.1 Å². The highest BCUT2D eigenvalue weighted by Gasteiger charge is 2.24. The predicted molar refractivity (Wildman–Crippen MR) is 87.2 cm³/mol. The number of carbonyl (C=O) groups is 1. The number of primary amides is 1. The minimum atomic E-state index is -0.267. The monoisotopic (exact) mass is 317 g/mol. The first-order valence-electron chi connectivity index (χ1n) is 7.35. The number of hydrogen-bond acceptors (Lipinski definition) is 6. The maximum Gasteiger partial charge on any atom is 0.231 e. The van der Waals surface area contributed by atoms with E-state index in [0.717, 1.165) is 42.6 Å². The minimum Gasteiger partial charge on any atom is -0.369 e. The highest BCUT2D eigenvalue weighted by Crippen LogP contribution is 2.30. The first-order valence-corrected chi connectivity index (χ1v) is 8.23. The van der Waals surface area contributed by atoms with Crippen LogP contribution >= 0.6 is 11.3 Å². The predicted octanol–water partition coefficient (Wildman–Crippen LogP) is 1.95. The van der Waals surface area contributed by atoms with Crippen LogP contribution < -0.4 is 11.1 Å². The normalized spacial score (nSPS) is 19.0. The van der Waals surface area contributed by atoms with Crippen molar-refractivity contribution >= 4 is 28.2 Å². The average Bonchev–Trinajstić information content (AvgIpc) is 2.96. The molecule has 2 aromatic heterocycles. The fourth-order valence-electron chi connectivity index (χ4n) is 2.74. The van der Waals surface area contributed by atoms with Crippen LogP contribution in [0.1, 0.15) is 24.5 Å². The van der Waals surface area contributed by atoms with E-state index in [2.05, 4.69) is 25.6 Å². The Labute approximate surface area is 133 Å². The van der Waals surface area contributed by atoms with Crippen molar-refractivity contribution in [2.75, 3.05) is 25.0 Å². The van der Waals surface area contributed by atoms with Crippen LogP contribution in [0.25, 0.3) is 0 Å². The van der Waals surface area contributed by atoms with Gasteiger partial charge in [0.2, 0.25) is 5.91 Å². The molecule has 7 heteroatoms. The van der Waals surface area contributed by atoms with Gasteiger partial charge in [-0.2, -0.15) is 0 Å². The second kappa shape index (κ2) is 6.85. The summed E-state index contributed by atoms with van der Waals surface area (Å²) in [4.78, 5) is 22.1. The van der Waals surface area contributed by atoms with Gasteiger partial charge in [-0.15, -0.1) is 11.3 Å². The summed E-state index contributed by atoms with van der Waals surface area (Å²) in [6.45, 7) is 2.11. The second-order valence-corrected chi connectivity index (χ2v) is 6.32. The van der Waals surface area contributed by atoms with Crippen LogP contribution in [0.2, 0.25) is 0 Å². The van der Waals surface area contributed by atoms with Crippen molar-refractivity contribution in [1.82, 2.24) is 14.9 Å². The molecule has 22 heavy (non-hydrogen) atoms. The van der Waals surface area contributed by atoms with Crippen molar-refractivity contribution in [1.29, 1.82) is 0 Å². The number of aromatic nitrogens is 2. The van der Waals surface area contributed by atoms with Gasteiger partial charge >= 0.3 is 0 Å². The quantitative estimate of drug-likeness (QED) is 0.880. The molecule has 116 valence electrons. The summed E-state index contributed by atoms with van der Waals surface area (Å²) in [5, 5.41) is 6.15. The molecule has 1 atom stereocenters. The van der Waals surface area contributed by atoms with E-state index in [-0.39, 0.29) is 5.91 Å². The van der Waals surface area contributed by atoms with Crippen LogP contribution in [0.4, 0.5) is 10.9 Å². The van der Waals surface area contributed by atoms with E-state index in [0.29, 0.717) is 12.5 Å². The number of hydrogen-bond donors (Lipinski definition) is 2. The zero-order valence-corrected chi connectivity index (χ0v) is 13.1. The summed E-state index contributed by atoms with van der Waals surface area (Å²) >= 11 is 1.58. The summed E-state index contributed by atoms with van der Waals surface area (Å²) in [6, 6.07) is 5.73. The maximum atomic E-state index is 11.1. The number of nitrogens with two attached hydrogens (primary N) is 1. The fourth-order valence-corrected chi connectivity index (χ4v) is 3.54. The summed E-state index contributed by atoms with van der Waals surface area (Å²) < 4.78 is 0. The van der Waals surface area contributed by atoms with Gasteiger partial charge in [0.15, 0.2) is 5.13 Å². The van der Waals surface area contributed by atoms with Gasteiger partial charge in [0.25, 0.3) is 0 Å². The van der Waals surface area contributed by atoms with Crippen molar-refractivity contribution in [3.8, 4) is 0 Å². The molecule has 0 spiro atoms. The molecule has 0 saturated carbocycles. The van der Waals surface area contributed by atoms with Crippen LogP contribution in [-0.4, -0.2) is 40.4 Å². The molecule has 2 aromatic rings. The lowest BCUT2D eigenvalue weighted by Gasteiger charge is -2.30. The van der Waals surface area contributed by atoms with E-state index in [1.807, 2.05) is 18.2 Å². The Kier molecular flexibility index (Phi) is 4.65. The van der Waals surface area contributed by atoms with Crippen LogP contribution in [0.3, 0.4) is 0 Å². The van der Waals surface area contributed by atoms with E-state index in [1.54, 1.807) is 17.5 Å². The average molecular weight is 317 g/mol. The van der Waals surface area contributed by atoms with Gasteiger partial charge in [-0.25, -0.2) is 9.97 Å². The molecule has 1 aliphatic rings. The summed E-state index contributed by atoms with van der Waals surface area (Å²) in [7, 11) is 0. The fraction of sp³-hybridized carbons (Fsp3) is 0.400. The van der Waals surface area contributed by atoms with Crippen LogP contribution in [0.5, 0.6) is 0 Å². The highest BCUT2D eigenvalue weighted by atomic mass is 32.1. The Hall–Kier alpha value is -1.99. The standard InChI is InChI=1S/C15H19N5OS/c16-13(21)9-20-7-3-4-11(8-20)12-10-22-15(18-12)19-14-5-1-2-6-17-14/h1-2,5-6,10-11H,3-4,7-9H2,(H2,16,21)(H,17,18,19). The molecular formula is C15H19N5OS. The third kappa shape index (κ3) is 3.80. The van der Waals surface area contributed by atoms with Gasteiger partial charge in [-0.1, -0.05) is 6.07 Å². The molecule has 3 N–H and O–H groups in total. The van der Waals surface area contributed by atoms with Gasteiger partial charge < -0.3 is 11.1 Å². The molecule has 0 radical (unpaired) electrons. The number of piperidine rings is 1. The molecule has 1 amide bonds. The zero-order chi connectivity index (χ0) is 15.4. The number of rotatable bonds is 5. The third-order valence-electron chi connectivity index (χ3n) is 3.73. The SMILES string of the molecule is NC(=O)CN1CCCC(c2csc(Nc3ccccn3)n2)C1. The largest absolute Gasteiger partial charge is 0.369 e. The summed E-state index contributed by atoms with van der Waals surface area (Å²) in [5.41, 5.74) is 6.37. The van der Waals surface area contributed by atoms with Crippen LogP contribution in [0, 0.1) is 0 Å². The molecular weight excluding hydrogens is 298 g/mol. The molecule has 0 aromatic carbocycles. The van der Waals surface area contributed by atoms with E-state index in [9.17, 15) is 4.79 Å². The number of amides is 1. The van der Waals surface area contributed by atoms with Crippen molar-refractivity contribution in [3.63, 3.8) is 0 Å². The van der Waals surface area contributed by atoms with Gasteiger partial charge in [0.05, 0.1) is 12.2 Å². The summed E-state index contributed by atoms with van der Waals surface area (Å²) in [5.74, 6) is 0.891. The Balaban J connectivity index is 1.64. The lowest BCUT2D eigenvalue weighted by atomic mass is 9.95. The molecule has 0 bridgehead atoms. The Morgan fingerprint density at radius 1 is 1.50 bits per heavy atom. The van der Waals surface area contributed by atoms with E-state index in [1.165, 1.54) is 0 Å². The highest BCUT2D eigenvalue weighted by molar-refractivity contribution is 7.13. The number of anilines is 2. The third-order valence-corrected chi connectivity index (χ3v) is 4.50. The van der Waals surface area contributed by atoms with Crippen LogP contribution in [0.15, 0.2) is 29.8 Å². The lowest BCUT2D eigenvalue weighted by Crippen LogP contribution is -2.40. The molecule has 1 aliphatic heterocycles. The first-order chi connectivity index (χ1) is 10.7. The zero-order valence-electron chi connectivity index (χ0n) is 12.2. The number of carbonyl (C=O) groups excluding carboxylic acids is 1. The molecule has 1 unspecified atom stereocenters. The van der Waals surface area contributed by atoms with Gasteiger partial charge in [0.1, 0.15) is 5.82 Å². The van der Waals surface area contributed by atoms with Crippen molar-refractivity contribution in [2.45, 2.75) is 18.8 Å². The number of thiazole rings is 1. The number of nitrogens with zero attached hydrogens (tertiary/aromatic N) is 3. The van der Waals surface area contributed by atoms with E-state index >= 15 is 0 Å². The van der Waals surface area contributed by atoms with Gasteiger partial charge in [-0.05, 0) is 31.5 Å². The second-order valence-electron chi connectivity index (χ2n) is 5.46. The smallest absolute Gasteiger partial charge is 0.231 e. The molecule has 3 rings (SSSR count). The lowest BCUT2D eigenvalue weighted by molar-refractivity contribution is -0.119. The Bertz CT molecular complexity index is 630. The molecule has 1 fully saturated rings. The molecule has 1 saturated heterocycles. The first kappa shape index (κ1) is 14.9. The van der Waals surface area contributed by atoms with E-state index in [4.69, 9.17) is 5.73 Å². The van der Waals surface area contributed by atoms with Crippen LogP contribution in [-0.2, 0) is 4.79 Å². The molecule has 6 nitrogen and oxygen atoms in total. The number of likely N-dealkylation sites (tertiary alicyclic amines) is 1. The van der Waals surface area contributed by atoms with Gasteiger partial charge in [0, 0.05) is 24.0 Å². The number of nitrogens with one attached hydrogen (secondary N) is 1. The van der Waals surface area contributed by atoms with E-state index < -0.39 is 0 Å². The van der Waals surface area contributed by atoms with Crippen molar-refractivity contribution < 1.29 is 4.79 Å². The Morgan fingerprint density at radius 2 is 2.41 bits per heavy atom. The Morgan fingerprint density at radius 3 is 3.18 bits per heavy atom. The molecule has 0 aliphatic carbocycles. The van der Waals surface area contributed by atoms with Crippen molar-refractivity contribution in [2.24, 2.45) is 5.73 Å². The summed E-state index contributed by atoms with van der Waals surface area (Å²) in [6.07, 6.45) is 3.92. The maximum absolute atomic E-state index is 11.1. The van der Waals surface area contributed by atoms with Gasteiger partial charge in [-0.3, -0.25) is 9.69 Å². The van der Waals surface area contributed by atoms with Crippen molar-refractivity contribution in [3.05, 3.63) is 35.5 Å². The minimum absolute atomic E-state index is 0.267.